The van der Waals surface area contributed by atoms with Crippen molar-refractivity contribution in [1.82, 2.24) is 4.90 Å². The molecular formula is C42H47NO4Si. The molecule has 0 aliphatic carbocycles. The third-order valence-corrected chi connectivity index (χ3v) is 14.3. The highest BCUT2D eigenvalue weighted by Gasteiger charge is 2.59. The number of hydrogen-bond acceptors (Lipinski definition) is 4. The van der Waals surface area contributed by atoms with Crippen molar-refractivity contribution < 1.29 is 18.8 Å². The molecule has 0 N–H and O–H groups in total. The lowest BCUT2D eigenvalue weighted by molar-refractivity contribution is -0.125. The summed E-state index contributed by atoms with van der Waals surface area (Å²) in [6.45, 7) is 12.8. The van der Waals surface area contributed by atoms with Crippen molar-refractivity contribution in [2.24, 2.45) is 5.92 Å². The molecule has 4 aromatic rings. The van der Waals surface area contributed by atoms with Crippen molar-refractivity contribution in [3.63, 3.8) is 0 Å². The van der Waals surface area contributed by atoms with Crippen molar-refractivity contribution in [2.45, 2.75) is 70.7 Å². The lowest BCUT2D eigenvalue weighted by Gasteiger charge is -2.44. The summed E-state index contributed by atoms with van der Waals surface area (Å²) in [5, 5.41) is 2.18. The molecule has 0 saturated carbocycles. The van der Waals surface area contributed by atoms with Gasteiger partial charge in [-0.3, -0.25) is 4.79 Å². The molecule has 0 spiro atoms. The summed E-state index contributed by atoms with van der Waals surface area (Å²) in [7, 11) is -2.84. The predicted octanol–water partition coefficient (Wildman–Crippen LogP) is 8.40. The van der Waals surface area contributed by atoms with Gasteiger partial charge in [0.15, 0.2) is 5.60 Å². The molecule has 0 aromatic heterocycles. The number of benzene rings is 4. The molecule has 5 nitrogen and oxygen atoms in total. The van der Waals surface area contributed by atoms with Crippen LogP contribution in [0.1, 0.15) is 59.1 Å². The Kier molecular flexibility index (Phi) is 10.7. The molecular weight excluding hydrogens is 611 g/mol. The fourth-order valence-electron chi connectivity index (χ4n) is 7.22. The lowest BCUT2D eigenvalue weighted by atomic mass is 9.75. The molecule has 0 radical (unpaired) electrons. The van der Waals surface area contributed by atoms with E-state index in [9.17, 15) is 9.59 Å². The van der Waals surface area contributed by atoms with Crippen molar-refractivity contribution >= 4 is 30.7 Å². The maximum atomic E-state index is 14.0. The third kappa shape index (κ3) is 6.60. The predicted molar refractivity (Wildman–Crippen MR) is 197 cm³/mol. The number of amides is 2. The van der Waals surface area contributed by atoms with Gasteiger partial charge in [-0.05, 0) is 40.8 Å². The van der Waals surface area contributed by atoms with Gasteiger partial charge in [-0.2, -0.15) is 0 Å². The molecule has 2 amide bonds. The summed E-state index contributed by atoms with van der Waals surface area (Å²) in [6, 6.07) is 39.9. The van der Waals surface area contributed by atoms with E-state index in [4.69, 9.17) is 9.16 Å². The first kappa shape index (κ1) is 34.8. The lowest BCUT2D eigenvalue weighted by Crippen LogP contribution is -2.67. The van der Waals surface area contributed by atoms with Gasteiger partial charge in [0.1, 0.15) is 0 Å². The van der Waals surface area contributed by atoms with E-state index in [0.717, 1.165) is 11.1 Å². The van der Waals surface area contributed by atoms with Gasteiger partial charge < -0.3 is 9.16 Å². The van der Waals surface area contributed by atoms with Gasteiger partial charge in [-0.25, -0.2) is 9.69 Å². The number of hydrogen-bond donors (Lipinski definition) is 0. The summed E-state index contributed by atoms with van der Waals surface area (Å²) < 4.78 is 13.6. The summed E-state index contributed by atoms with van der Waals surface area (Å²) in [4.78, 5) is 29.1. The number of nitrogens with zero attached hydrogens (tertiary/aromatic N) is 1. The quantitative estimate of drug-likeness (QED) is 0.0924. The average molecular weight is 658 g/mol. The average Bonchev–Trinajstić information content (AvgIpc) is 3.42. The van der Waals surface area contributed by atoms with E-state index in [-0.39, 0.29) is 17.1 Å². The van der Waals surface area contributed by atoms with E-state index in [2.05, 4.69) is 75.4 Å². The van der Waals surface area contributed by atoms with Crippen LogP contribution in [-0.2, 0) is 19.6 Å². The van der Waals surface area contributed by atoms with Gasteiger partial charge in [-0.15, -0.1) is 0 Å². The number of cyclic esters (lactones) is 1. The van der Waals surface area contributed by atoms with Crippen LogP contribution in [0.2, 0.25) is 5.04 Å². The highest BCUT2D eigenvalue weighted by molar-refractivity contribution is 6.99. The van der Waals surface area contributed by atoms with Gasteiger partial charge in [0, 0.05) is 11.1 Å². The van der Waals surface area contributed by atoms with Crippen molar-refractivity contribution in [2.75, 3.05) is 0 Å². The number of imide groups is 1. The van der Waals surface area contributed by atoms with Crippen LogP contribution >= 0.6 is 0 Å². The molecule has 0 unspecified atom stereocenters. The number of carbonyl (C=O) groups excluding carboxylic acids is 2. The van der Waals surface area contributed by atoms with Crippen LogP contribution < -0.4 is 10.4 Å². The Morgan fingerprint density at radius 1 is 0.833 bits per heavy atom. The van der Waals surface area contributed by atoms with E-state index in [1.165, 1.54) is 21.3 Å². The summed E-state index contributed by atoms with van der Waals surface area (Å²) in [5.41, 5.74) is 0.515. The minimum atomic E-state index is -2.84. The minimum absolute atomic E-state index is 0.0940. The van der Waals surface area contributed by atoms with Crippen LogP contribution in [0.5, 0.6) is 0 Å². The fourth-order valence-corrected chi connectivity index (χ4v) is 11.9. The highest BCUT2D eigenvalue weighted by Crippen LogP contribution is 2.47. The zero-order valence-electron chi connectivity index (χ0n) is 28.9. The molecule has 4 aromatic carbocycles. The van der Waals surface area contributed by atoms with Crippen LogP contribution in [0.25, 0.3) is 0 Å². The second-order valence-electron chi connectivity index (χ2n) is 13.7. The molecule has 1 saturated heterocycles. The summed E-state index contributed by atoms with van der Waals surface area (Å²) in [5.74, 6) is -0.499. The van der Waals surface area contributed by atoms with Crippen LogP contribution in [0.3, 0.4) is 0 Å². The van der Waals surface area contributed by atoms with Crippen molar-refractivity contribution in [1.29, 1.82) is 0 Å². The Labute approximate surface area is 287 Å². The Hall–Kier alpha value is -4.52. The largest absolute Gasteiger partial charge is 0.430 e. The van der Waals surface area contributed by atoms with E-state index in [0.29, 0.717) is 6.42 Å². The zero-order chi connectivity index (χ0) is 34.4. The summed E-state index contributed by atoms with van der Waals surface area (Å²) >= 11 is 0. The molecule has 1 aliphatic heterocycles. The first-order valence-corrected chi connectivity index (χ1v) is 18.7. The third-order valence-electron chi connectivity index (χ3n) is 9.19. The number of ether oxygens (including phenoxy) is 1. The summed E-state index contributed by atoms with van der Waals surface area (Å²) in [6.07, 6.45) is 6.91. The van der Waals surface area contributed by atoms with Gasteiger partial charge in [0.2, 0.25) is 0 Å². The molecule has 1 heterocycles. The topological polar surface area (TPSA) is 55.8 Å². The number of rotatable bonds is 11. The molecule has 5 rings (SSSR count). The molecule has 48 heavy (non-hydrogen) atoms. The Bertz CT molecular complexity index is 1630. The van der Waals surface area contributed by atoms with Crippen LogP contribution in [0.4, 0.5) is 4.79 Å². The first-order valence-electron chi connectivity index (χ1n) is 16.8. The maximum absolute atomic E-state index is 14.0. The van der Waals surface area contributed by atoms with Crippen LogP contribution in [0.15, 0.2) is 146 Å². The van der Waals surface area contributed by atoms with E-state index in [1.807, 2.05) is 106 Å². The smallest absolute Gasteiger partial charge is 0.418 e. The zero-order valence-corrected chi connectivity index (χ0v) is 29.9. The van der Waals surface area contributed by atoms with E-state index < -0.39 is 32.0 Å². The van der Waals surface area contributed by atoms with Gasteiger partial charge in [-0.1, -0.05) is 174 Å². The maximum Gasteiger partial charge on any atom is 0.418 e. The number of carbonyl (C=O) groups is 2. The minimum Gasteiger partial charge on any atom is -0.430 e. The Balaban J connectivity index is 1.48. The van der Waals surface area contributed by atoms with Gasteiger partial charge >= 0.3 is 6.09 Å². The molecule has 0 bridgehead atoms. The van der Waals surface area contributed by atoms with Crippen LogP contribution in [0, 0.1) is 5.92 Å². The van der Waals surface area contributed by atoms with Crippen molar-refractivity contribution in [3.8, 4) is 0 Å². The monoisotopic (exact) mass is 657 g/mol. The van der Waals surface area contributed by atoms with E-state index >= 15 is 0 Å². The Morgan fingerprint density at radius 3 is 1.71 bits per heavy atom. The Morgan fingerprint density at radius 2 is 1.29 bits per heavy atom. The molecule has 6 heteroatoms. The van der Waals surface area contributed by atoms with Gasteiger partial charge in [0.05, 0.1) is 12.1 Å². The standard InChI is InChI=1S/C42H47NO4Si/c1-7-21-35(47-48(41(4,5)6,36-27-16-10-17-28-36)37-29-18-11-19-30-37)26-20-31-38(44)43-39(32(2)3)42(46-40(43)45,33-22-12-8-13-23-33)34-24-14-9-15-25-34/h7-25,27-32,35,39H,26H2,1-6H3/b21-7+,31-20+/t35-,39-/m0/s1. The second kappa shape index (κ2) is 14.7. The molecule has 1 aliphatic rings. The molecule has 248 valence electrons. The van der Waals surface area contributed by atoms with Crippen molar-refractivity contribution in [3.05, 3.63) is 157 Å². The fraction of sp³-hybridized carbons (Fsp3) is 0.286. The van der Waals surface area contributed by atoms with E-state index in [1.54, 1.807) is 0 Å². The highest BCUT2D eigenvalue weighted by atomic mass is 28.4. The normalized spacial score (nSPS) is 17.3. The first-order chi connectivity index (χ1) is 23.1. The van der Waals surface area contributed by atoms with Crippen LogP contribution in [-0.4, -0.2) is 37.4 Å². The molecule has 2 atom stereocenters. The van der Waals surface area contributed by atoms with Gasteiger partial charge in [0.25, 0.3) is 14.2 Å². The number of allylic oxidation sites excluding steroid dienone is 1. The SMILES string of the molecule is C/C=C/[C@@H](C/C=C/C(=O)N1C(=O)OC(c2ccccc2)(c2ccccc2)[C@@H]1C(C)C)O[Si](c1ccccc1)(c1ccccc1)C(C)(C)C. The molecule has 1 fully saturated rings. The second-order valence-corrected chi connectivity index (χ2v) is 18.0.